The number of hydrogen-bond donors (Lipinski definition) is 2. The Morgan fingerprint density at radius 3 is 2.50 bits per heavy atom. The highest BCUT2D eigenvalue weighted by Crippen LogP contribution is 2.19. The van der Waals surface area contributed by atoms with E-state index in [1.54, 1.807) is 0 Å². The Labute approximate surface area is 120 Å². The van der Waals surface area contributed by atoms with Gasteiger partial charge in [0.15, 0.2) is 6.10 Å². The maximum absolute atomic E-state index is 11.8. The molecule has 0 saturated carbocycles. The largest absolute Gasteiger partial charge is 0.479 e. The van der Waals surface area contributed by atoms with E-state index in [-0.39, 0.29) is 5.91 Å². The minimum atomic E-state index is -0.989. The van der Waals surface area contributed by atoms with Crippen LogP contribution < -0.4 is 5.32 Å². The molecule has 1 saturated heterocycles. The molecule has 2 N–H and O–H groups in total. The summed E-state index contributed by atoms with van der Waals surface area (Å²) >= 11 is 0. The summed E-state index contributed by atoms with van der Waals surface area (Å²) in [5, 5.41) is 11.6. The smallest absolute Gasteiger partial charge is 0.332 e. The van der Waals surface area contributed by atoms with E-state index >= 15 is 0 Å². The van der Waals surface area contributed by atoms with Crippen molar-refractivity contribution in [2.75, 3.05) is 20.1 Å². The summed E-state index contributed by atoms with van der Waals surface area (Å²) in [6, 6.07) is 0.532. The van der Waals surface area contributed by atoms with Gasteiger partial charge < -0.3 is 20.1 Å². The fraction of sp³-hybridized carbons (Fsp3) is 0.857. The third kappa shape index (κ3) is 5.46. The number of carboxylic acid groups (broad SMARTS) is 1. The van der Waals surface area contributed by atoms with E-state index < -0.39 is 18.2 Å². The molecule has 1 aliphatic rings. The Kier molecular flexibility index (Phi) is 6.95. The maximum atomic E-state index is 11.8. The molecule has 6 heteroatoms. The van der Waals surface area contributed by atoms with Crippen LogP contribution in [-0.4, -0.2) is 60.3 Å². The van der Waals surface area contributed by atoms with Gasteiger partial charge in [-0.15, -0.1) is 0 Å². The third-order valence-corrected chi connectivity index (χ3v) is 3.71. The molecule has 1 aliphatic heterocycles. The highest BCUT2D eigenvalue weighted by molar-refractivity contribution is 5.82. The first kappa shape index (κ1) is 16.9. The molecular formula is C14H26N2O4. The highest BCUT2D eigenvalue weighted by atomic mass is 16.5. The van der Waals surface area contributed by atoms with Crippen LogP contribution in [0, 0.1) is 0 Å². The molecule has 1 amide bonds. The van der Waals surface area contributed by atoms with Gasteiger partial charge >= 0.3 is 5.97 Å². The molecule has 2 atom stereocenters. The van der Waals surface area contributed by atoms with E-state index in [0.717, 1.165) is 19.4 Å². The van der Waals surface area contributed by atoms with Gasteiger partial charge in [-0.3, -0.25) is 4.79 Å². The lowest BCUT2D eigenvalue weighted by atomic mass is 10.2. The summed E-state index contributed by atoms with van der Waals surface area (Å²) in [4.78, 5) is 24.8. The third-order valence-electron chi connectivity index (χ3n) is 3.71. The van der Waals surface area contributed by atoms with E-state index in [9.17, 15) is 9.59 Å². The number of nitrogens with zero attached hydrogens (tertiary/aromatic N) is 1. The van der Waals surface area contributed by atoms with Gasteiger partial charge in [0, 0.05) is 12.6 Å². The second kappa shape index (κ2) is 8.21. The zero-order valence-electron chi connectivity index (χ0n) is 12.6. The van der Waals surface area contributed by atoms with Crippen molar-refractivity contribution in [3.05, 3.63) is 0 Å². The van der Waals surface area contributed by atoms with Crippen LogP contribution in [0.2, 0.25) is 0 Å². The number of carbonyl (C=O) groups is 2. The monoisotopic (exact) mass is 286 g/mol. The first-order valence-electron chi connectivity index (χ1n) is 7.28. The number of nitrogens with one attached hydrogen (secondary N) is 1. The van der Waals surface area contributed by atoms with Gasteiger partial charge in [-0.25, -0.2) is 4.79 Å². The van der Waals surface area contributed by atoms with Crippen LogP contribution in [0.15, 0.2) is 0 Å². The average molecular weight is 286 g/mol. The minimum Gasteiger partial charge on any atom is -0.479 e. The minimum absolute atomic E-state index is 0.189. The van der Waals surface area contributed by atoms with E-state index in [2.05, 4.69) is 31.1 Å². The van der Waals surface area contributed by atoms with E-state index in [0.29, 0.717) is 25.4 Å². The zero-order valence-corrected chi connectivity index (χ0v) is 12.6. The predicted octanol–water partition coefficient (Wildman–Crippen LogP) is 0.855. The summed E-state index contributed by atoms with van der Waals surface area (Å²) in [6.07, 6.45) is 1.40. The molecule has 1 fully saturated rings. The van der Waals surface area contributed by atoms with Crippen molar-refractivity contribution in [3.63, 3.8) is 0 Å². The molecule has 1 heterocycles. The Bertz CT molecular complexity index is 333. The van der Waals surface area contributed by atoms with Crippen LogP contribution in [0.5, 0.6) is 0 Å². The second-order valence-corrected chi connectivity index (χ2v) is 5.60. The lowest BCUT2D eigenvalue weighted by Crippen LogP contribution is -2.36. The zero-order chi connectivity index (χ0) is 15.1. The number of ether oxygens (including phenoxy) is 1. The number of amides is 1. The fourth-order valence-electron chi connectivity index (χ4n) is 2.08. The SMILES string of the molecule is CC(C)N(C)CCCCNC(=O)C1CCC(C(=O)O)O1. The molecule has 0 aliphatic carbocycles. The fourth-order valence-corrected chi connectivity index (χ4v) is 2.08. The van der Waals surface area contributed by atoms with Crippen LogP contribution in [0.3, 0.4) is 0 Å². The van der Waals surface area contributed by atoms with Gasteiger partial charge in [0.25, 0.3) is 0 Å². The van der Waals surface area contributed by atoms with Crippen molar-refractivity contribution in [2.24, 2.45) is 0 Å². The van der Waals surface area contributed by atoms with Crippen molar-refractivity contribution in [1.29, 1.82) is 0 Å². The lowest BCUT2D eigenvalue weighted by molar-refractivity contribution is -0.151. The highest BCUT2D eigenvalue weighted by Gasteiger charge is 2.34. The molecule has 2 unspecified atom stereocenters. The topological polar surface area (TPSA) is 78.9 Å². The molecule has 0 radical (unpaired) electrons. The number of carboxylic acids is 1. The molecule has 0 aromatic heterocycles. The van der Waals surface area contributed by atoms with Gasteiger partial charge in [-0.1, -0.05) is 0 Å². The van der Waals surface area contributed by atoms with Gasteiger partial charge in [0.05, 0.1) is 0 Å². The Morgan fingerprint density at radius 1 is 1.30 bits per heavy atom. The predicted molar refractivity (Wildman–Crippen MR) is 75.5 cm³/mol. The van der Waals surface area contributed by atoms with Crippen LogP contribution in [0.1, 0.15) is 39.5 Å². The number of unbranched alkanes of at least 4 members (excludes halogenated alkanes) is 1. The number of carbonyl (C=O) groups excluding carboxylic acids is 1. The normalized spacial score (nSPS) is 22.4. The van der Waals surface area contributed by atoms with Crippen LogP contribution in [0.25, 0.3) is 0 Å². The lowest BCUT2D eigenvalue weighted by Gasteiger charge is -2.20. The van der Waals surface area contributed by atoms with Gasteiger partial charge in [-0.05, 0) is 53.1 Å². The summed E-state index contributed by atoms with van der Waals surface area (Å²) in [7, 11) is 2.08. The van der Waals surface area contributed by atoms with Gasteiger partial charge in [0.1, 0.15) is 6.10 Å². The van der Waals surface area contributed by atoms with E-state index in [1.165, 1.54) is 0 Å². The molecule has 1 rings (SSSR count). The average Bonchev–Trinajstić information content (AvgIpc) is 2.87. The number of aliphatic carboxylic acids is 1. The van der Waals surface area contributed by atoms with Gasteiger partial charge in [-0.2, -0.15) is 0 Å². The van der Waals surface area contributed by atoms with Crippen molar-refractivity contribution >= 4 is 11.9 Å². The van der Waals surface area contributed by atoms with Crippen molar-refractivity contribution in [3.8, 4) is 0 Å². The van der Waals surface area contributed by atoms with E-state index in [4.69, 9.17) is 9.84 Å². The van der Waals surface area contributed by atoms with Crippen LogP contribution >= 0.6 is 0 Å². The Hall–Kier alpha value is -1.14. The van der Waals surface area contributed by atoms with Gasteiger partial charge in [0.2, 0.25) is 5.91 Å². The molecule has 0 bridgehead atoms. The first-order chi connectivity index (χ1) is 9.41. The number of hydrogen-bond acceptors (Lipinski definition) is 4. The molecule has 0 aromatic carbocycles. The van der Waals surface area contributed by atoms with Crippen LogP contribution in [0.4, 0.5) is 0 Å². The van der Waals surface area contributed by atoms with E-state index in [1.807, 2.05) is 0 Å². The molecule has 6 nitrogen and oxygen atoms in total. The van der Waals surface area contributed by atoms with Crippen molar-refractivity contribution in [2.45, 2.75) is 57.8 Å². The van der Waals surface area contributed by atoms with Crippen molar-refractivity contribution < 1.29 is 19.4 Å². The summed E-state index contributed by atoms with van der Waals surface area (Å²) in [6.45, 7) is 5.92. The van der Waals surface area contributed by atoms with Crippen molar-refractivity contribution in [1.82, 2.24) is 10.2 Å². The molecule has 116 valence electrons. The quantitative estimate of drug-likeness (QED) is 0.647. The molecular weight excluding hydrogens is 260 g/mol. The first-order valence-corrected chi connectivity index (χ1v) is 7.28. The summed E-state index contributed by atoms with van der Waals surface area (Å²) in [5.41, 5.74) is 0. The summed E-state index contributed by atoms with van der Waals surface area (Å²) in [5.74, 6) is -1.18. The maximum Gasteiger partial charge on any atom is 0.332 e. The molecule has 20 heavy (non-hydrogen) atoms. The second-order valence-electron chi connectivity index (χ2n) is 5.60. The standard InChI is InChI=1S/C14H26N2O4/c1-10(2)16(3)9-5-4-8-15-13(17)11-6-7-12(20-11)14(18)19/h10-12H,4-9H2,1-3H3,(H,15,17)(H,18,19). The molecule has 0 aromatic rings. The Morgan fingerprint density at radius 2 is 1.95 bits per heavy atom. The summed E-state index contributed by atoms with van der Waals surface area (Å²) < 4.78 is 5.19. The van der Waals surface area contributed by atoms with Crippen LogP contribution in [-0.2, 0) is 14.3 Å². The molecule has 0 spiro atoms. The Balaban J connectivity index is 2.11. The number of rotatable bonds is 8.